The Morgan fingerprint density at radius 2 is 2.00 bits per heavy atom. The van der Waals surface area contributed by atoms with E-state index in [0.717, 1.165) is 32.1 Å². The van der Waals surface area contributed by atoms with Gasteiger partial charge >= 0.3 is 5.97 Å². The highest BCUT2D eigenvalue weighted by molar-refractivity contribution is 7.87. The summed E-state index contributed by atoms with van der Waals surface area (Å²) in [5, 5.41) is -0.172. The first-order valence-corrected chi connectivity index (χ1v) is 7.54. The van der Waals surface area contributed by atoms with Crippen LogP contribution in [0, 0.1) is 0 Å². The lowest BCUT2D eigenvalue weighted by Gasteiger charge is -2.18. The van der Waals surface area contributed by atoms with E-state index >= 15 is 0 Å². The lowest BCUT2D eigenvalue weighted by atomic mass is 10.2. The van der Waals surface area contributed by atoms with E-state index in [2.05, 4.69) is 0 Å². The molecule has 0 aliphatic heterocycles. The van der Waals surface area contributed by atoms with Crippen molar-refractivity contribution in [1.82, 2.24) is 0 Å². The Hall–Kier alpha value is -0.380. The molecule has 1 fully saturated rings. The number of hydrogen-bond acceptors (Lipinski definition) is 3. The molecule has 94 valence electrons. The van der Waals surface area contributed by atoms with Gasteiger partial charge in [-0.15, -0.1) is 0 Å². The molecule has 2 atom stereocenters. The number of carbonyl (C=O) groups excluding carboxylic acids is 1. The van der Waals surface area contributed by atoms with E-state index in [4.69, 9.17) is 4.74 Å². The maximum Gasteiger partial charge on any atom is 0.321 e. The highest BCUT2D eigenvalue weighted by atomic mass is 32.2. The number of esters is 1. The minimum absolute atomic E-state index is 0.223. The fourth-order valence-corrected chi connectivity index (χ4v) is 4.17. The Kier molecular flexibility index (Phi) is 6.03. The summed E-state index contributed by atoms with van der Waals surface area (Å²) >= 11 is 0. The summed E-state index contributed by atoms with van der Waals surface area (Å²) in [6.07, 6.45) is 5.87. The van der Waals surface area contributed by atoms with Crippen molar-refractivity contribution in [2.24, 2.45) is 0 Å². The number of hydrogen-bond donors (Lipinski definition) is 0. The van der Waals surface area contributed by atoms with Crippen LogP contribution >= 0.6 is 0 Å². The van der Waals surface area contributed by atoms with Crippen molar-refractivity contribution in [2.75, 3.05) is 6.61 Å². The molecule has 0 spiro atoms. The van der Waals surface area contributed by atoms with Crippen molar-refractivity contribution in [2.45, 2.75) is 62.9 Å². The zero-order chi connectivity index (χ0) is 12.0. The van der Waals surface area contributed by atoms with E-state index in [0.29, 0.717) is 13.0 Å². The van der Waals surface area contributed by atoms with Gasteiger partial charge in [-0.2, -0.15) is 0 Å². The fraction of sp³-hybridized carbons (Fsp3) is 0.917. The summed E-state index contributed by atoms with van der Waals surface area (Å²) in [5.41, 5.74) is 0. The largest absolute Gasteiger partial charge is 0.465 e. The third kappa shape index (κ3) is 3.58. The van der Waals surface area contributed by atoms with Crippen LogP contribution in [0.15, 0.2) is 0 Å². The van der Waals surface area contributed by atoms with Crippen LogP contribution in [-0.2, 0) is 20.3 Å². The van der Waals surface area contributed by atoms with Gasteiger partial charge in [-0.1, -0.05) is 26.2 Å². The second-order valence-corrected chi connectivity index (χ2v) is 6.16. The number of carbonyl (C=O) groups is 1. The normalized spacial score (nSPS) is 20.6. The maximum absolute atomic E-state index is 12.3. The molecular formula is C12H22O3S. The molecule has 2 unspecified atom stereocenters. The van der Waals surface area contributed by atoms with Crippen molar-refractivity contribution in [3.05, 3.63) is 0 Å². The highest BCUT2D eigenvalue weighted by Crippen LogP contribution is 2.26. The van der Waals surface area contributed by atoms with Crippen LogP contribution in [0.4, 0.5) is 0 Å². The summed E-state index contributed by atoms with van der Waals surface area (Å²) in [6, 6.07) is 0. The molecule has 0 aromatic heterocycles. The first-order valence-electron chi connectivity index (χ1n) is 6.26. The molecule has 0 aromatic carbocycles. The topological polar surface area (TPSA) is 43.4 Å². The number of ether oxygens (including phenoxy) is 1. The minimum Gasteiger partial charge on any atom is -0.465 e. The molecule has 1 aliphatic rings. The van der Waals surface area contributed by atoms with E-state index in [1.54, 1.807) is 6.92 Å². The summed E-state index contributed by atoms with van der Waals surface area (Å²) in [5.74, 6) is -0.269. The monoisotopic (exact) mass is 246 g/mol. The zero-order valence-electron chi connectivity index (χ0n) is 10.2. The smallest absolute Gasteiger partial charge is 0.321 e. The van der Waals surface area contributed by atoms with Gasteiger partial charge in [0.05, 0.1) is 6.61 Å². The predicted molar refractivity (Wildman–Crippen MR) is 65.7 cm³/mol. The van der Waals surface area contributed by atoms with Crippen LogP contribution in [0.25, 0.3) is 0 Å². The van der Waals surface area contributed by atoms with E-state index in [1.165, 1.54) is 0 Å². The molecule has 3 nitrogen and oxygen atoms in total. The van der Waals surface area contributed by atoms with E-state index < -0.39 is 16.0 Å². The first kappa shape index (κ1) is 13.7. The van der Waals surface area contributed by atoms with E-state index in [9.17, 15) is 9.00 Å². The summed E-state index contributed by atoms with van der Waals surface area (Å²) < 4.78 is 17.3. The molecule has 0 heterocycles. The van der Waals surface area contributed by atoms with Crippen molar-refractivity contribution in [1.29, 1.82) is 0 Å². The van der Waals surface area contributed by atoms with Gasteiger partial charge in [-0.25, -0.2) is 0 Å². The van der Waals surface area contributed by atoms with Gasteiger partial charge in [0, 0.05) is 16.0 Å². The average Bonchev–Trinajstić information content (AvgIpc) is 2.78. The standard InChI is InChI=1S/C12H22O3S/c1-3-7-11(12(13)15-4-2)16(14)10-8-5-6-9-10/h10-11H,3-9H2,1-2H3. The summed E-state index contributed by atoms with van der Waals surface area (Å²) in [6.45, 7) is 4.18. The molecule has 1 aliphatic carbocycles. The quantitative estimate of drug-likeness (QED) is 0.676. The molecular weight excluding hydrogens is 224 g/mol. The lowest BCUT2D eigenvalue weighted by molar-refractivity contribution is -0.142. The Morgan fingerprint density at radius 3 is 2.50 bits per heavy atom. The van der Waals surface area contributed by atoms with Crippen LogP contribution in [0.5, 0.6) is 0 Å². The molecule has 4 heteroatoms. The Morgan fingerprint density at radius 1 is 1.38 bits per heavy atom. The average molecular weight is 246 g/mol. The van der Waals surface area contributed by atoms with Crippen molar-refractivity contribution in [3.8, 4) is 0 Å². The van der Waals surface area contributed by atoms with Crippen molar-refractivity contribution in [3.63, 3.8) is 0 Å². The Bertz CT molecular complexity index is 247. The predicted octanol–water partition coefficient (Wildman–Crippen LogP) is 2.41. The summed E-state index contributed by atoms with van der Waals surface area (Å²) in [7, 11) is -1.04. The van der Waals surface area contributed by atoms with Gasteiger partial charge in [0.2, 0.25) is 0 Å². The van der Waals surface area contributed by atoms with Crippen molar-refractivity contribution < 1.29 is 13.7 Å². The van der Waals surface area contributed by atoms with Crippen LogP contribution in [0.2, 0.25) is 0 Å². The molecule has 0 radical (unpaired) electrons. The zero-order valence-corrected chi connectivity index (χ0v) is 11.1. The Balaban J connectivity index is 2.60. The van der Waals surface area contributed by atoms with Gasteiger partial charge < -0.3 is 4.74 Å². The first-order chi connectivity index (χ1) is 7.70. The van der Waals surface area contributed by atoms with Crippen LogP contribution in [-0.4, -0.2) is 27.3 Å². The SMILES string of the molecule is CCCC(C(=O)OCC)S(=O)C1CCCC1. The Labute approximate surface area is 100 Å². The summed E-state index contributed by atoms with van der Waals surface area (Å²) in [4.78, 5) is 11.7. The van der Waals surface area contributed by atoms with Gasteiger partial charge in [-0.05, 0) is 26.2 Å². The molecule has 0 bridgehead atoms. The molecule has 1 rings (SSSR count). The molecule has 16 heavy (non-hydrogen) atoms. The molecule has 0 saturated heterocycles. The second kappa shape index (κ2) is 7.05. The van der Waals surface area contributed by atoms with Gasteiger partial charge in [0.15, 0.2) is 0 Å². The third-order valence-corrected chi connectivity index (χ3v) is 5.13. The van der Waals surface area contributed by atoms with E-state index in [1.807, 2.05) is 6.92 Å². The molecule has 0 N–H and O–H groups in total. The minimum atomic E-state index is -1.04. The molecule has 0 aromatic rings. The third-order valence-electron chi connectivity index (χ3n) is 3.01. The van der Waals surface area contributed by atoms with Crippen LogP contribution < -0.4 is 0 Å². The molecule has 0 amide bonds. The number of rotatable bonds is 6. The van der Waals surface area contributed by atoms with Crippen LogP contribution in [0.1, 0.15) is 52.4 Å². The fourth-order valence-electron chi connectivity index (χ4n) is 2.18. The van der Waals surface area contributed by atoms with Gasteiger partial charge in [0.25, 0.3) is 0 Å². The van der Waals surface area contributed by atoms with Crippen molar-refractivity contribution >= 4 is 16.8 Å². The van der Waals surface area contributed by atoms with Gasteiger partial charge in [-0.3, -0.25) is 9.00 Å². The maximum atomic E-state index is 12.3. The highest BCUT2D eigenvalue weighted by Gasteiger charge is 2.32. The molecule has 1 saturated carbocycles. The van der Waals surface area contributed by atoms with E-state index in [-0.39, 0.29) is 11.2 Å². The van der Waals surface area contributed by atoms with Gasteiger partial charge in [0.1, 0.15) is 5.25 Å². The van der Waals surface area contributed by atoms with Crippen LogP contribution in [0.3, 0.4) is 0 Å². The second-order valence-electron chi connectivity index (χ2n) is 4.26. The lowest BCUT2D eigenvalue weighted by Crippen LogP contribution is -2.33.